The quantitative estimate of drug-likeness (QED) is 0.549. The molecule has 7 heteroatoms. The van der Waals surface area contributed by atoms with Crippen molar-refractivity contribution >= 4 is 17.7 Å². The Kier molecular flexibility index (Phi) is 8.48. The summed E-state index contributed by atoms with van der Waals surface area (Å²) < 4.78 is 25.3. The summed E-state index contributed by atoms with van der Waals surface area (Å²) in [4.78, 5) is 26.0. The highest BCUT2D eigenvalue weighted by Gasteiger charge is 2.24. The molecule has 0 radical (unpaired) electrons. The first-order valence-corrected chi connectivity index (χ1v) is 11.2. The molecule has 0 atom stereocenters. The van der Waals surface area contributed by atoms with E-state index in [0.29, 0.717) is 24.0 Å². The van der Waals surface area contributed by atoms with Crippen LogP contribution in [-0.2, 0) is 4.74 Å². The van der Waals surface area contributed by atoms with Crippen molar-refractivity contribution in [3.63, 3.8) is 0 Å². The number of para-hydroxylation sites is 1. The molecule has 1 aliphatic heterocycles. The van der Waals surface area contributed by atoms with E-state index in [4.69, 9.17) is 9.47 Å². The zero-order valence-electron chi connectivity index (χ0n) is 18.7. The molecule has 1 N–H and O–H groups in total. The molecule has 0 bridgehead atoms. The Morgan fingerprint density at radius 3 is 2.50 bits per heavy atom. The van der Waals surface area contributed by atoms with Crippen molar-refractivity contribution in [3.8, 4) is 5.75 Å². The second kappa shape index (κ2) is 11.5. The number of piperidine rings is 1. The Morgan fingerprint density at radius 2 is 1.84 bits per heavy atom. The first kappa shape index (κ1) is 23.6. The number of carbonyl (C=O) groups is 2. The van der Waals surface area contributed by atoms with E-state index in [1.807, 2.05) is 19.9 Å². The molecule has 0 aromatic heterocycles. The van der Waals surface area contributed by atoms with Crippen molar-refractivity contribution in [1.82, 2.24) is 4.90 Å². The van der Waals surface area contributed by atoms with Crippen molar-refractivity contribution in [2.45, 2.75) is 45.6 Å². The van der Waals surface area contributed by atoms with Crippen LogP contribution in [0.5, 0.6) is 5.75 Å². The maximum Gasteiger partial charge on any atom is 0.410 e. The summed E-state index contributed by atoms with van der Waals surface area (Å²) in [5.74, 6) is -0.159. The van der Waals surface area contributed by atoms with E-state index in [1.54, 1.807) is 35.2 Å². The molecule has 1 heterocycles. The summed E-state index contributed by atoms with van der Waals surface area (Å²) in [6.07, 6.45) is 3.41. The van der Waals surface area contributed by atoms with Crippen LogP contribution in [0.2, 0.25) is 0 Å². The highest BCUT2D eigenvalue weighted by molar-refractivity contribution is 6.04. The molecule has 2 aromatic rings. The number of halogens is 1. The van der Waals surface area contributed by atoms with Gasteiger partial charge in [-0.25, -0.2) is 9.18 Å². The van der Waals surface area contributed by atoms with Crippen LogP contribution in [0.1, 0.15) is 49.9 Å². The zero-order valence-corrected chi connectivity index (χ0v) is 18.7. The summed E-state index contributed by atoms with van der Waals surface area (Å²) >= 11 is 0. The molecule has 172 valence electrons. The number of hydrogen-bond acceptors (Lipinski definition) is 4. The molecule has 0 aliphatic carbocycles. The molecule has 0 saturated carbocycles. The molecule has 0 unspecified atom stereocenters. The van der Waals surface area contributed by atoms with E-state index < -0.39 is 11.7 Å². The van der Waals surface area contributed by atoms with E-state index in [9.17, 15) is 14.0 Å². The standard InChI is InChI=1S/C25H31FN2O4/c1-18(2)32-25(30)28-14-12-19(13-15-28)7-6-16-31-21-10-11-22(23(26)17-21)24(29)27-20-8-4-3-5-9-20/h3-5,8-11,17-19H,6-7,12-16H2,1-2H3,(H,27,29). The minimum absolute atomic E-state index is 0.0241. The minimum Gasteiger partial charge on any atom is -0.493 e. The van der Waals surface area contributed by atoms with Gasteiger partial charge >= 0.3 is 6.09 Å². The topological polar surface area (TPSA) is 67.9 Å². The van der Waals surface area contributed by atoms with Gasteiger partial charge in [-0.05, 0) is 69.7 Å². The minimum atomic E-state index is -0.614. The Bertz CT molecular complexity index is 896. The highest BCUT2D eigenvalue weighted by Crippen LogP contribution is 2.23. The lowest BCUT2D eigenvalue weighted by molar-refractivity contribution is 0.0643. The number of carbonyl (C=O) groups excluding carboxylic acids is 2. The van der Waals surface area contributed by atoms with E-state index in [-0.39, 0.29) is 17.8 Å². The summed E-state index contributed by atoms with van der Waals surface area (Å²) in [7, 11) is 0. The van der Waals surface area contributed by atoms with Gasteiger partial charge in [0, 0.05) is 24.8 Å². The van der Waals surface area contributed by atoms with Crippen LogP contribution in [0.4, 0.5) is 14.9 Å². The fourth-order valence-electron chi connectivity index (χ4n) is 3.73. The first-order valence-electron chi connectivity index (χ1n) is 11.2. The summed E-state index contributed by atoms with van der Waals surface area (Å²) in [6.45, 7) is 5.61. The van der Waals surface area contributed by atoms with Gasteiger partial charge in [0.15, 0.2) is 0 Å². The Morgan fingerprint density at radius 1 is 1.12 bits per heavy atom. The summed E-state index contributed by atoms with van der Waals surface area (Å²) in [5.41, 5.74) is 0.587. The fraction of sp³-hybridized carbons (Fsp3) is 0.440. The molecule has 0 spiro atoms. The third kappa shape index (κ3) is 6.97. The largest absolute Gasteiger partial charge is 0.493 e. The molecular weight excluding hydrogens is 411 g/mol. The van der Waals surface area contributed by atoms with E-state index in [2.05, 4.69) is 5.32 Å². The van der Waals surface area contributed by atoms with E-state index in [1.165, 1.54) is 12.1 Å². The summed E-state index contributed by atoms with van der Waals surface area (Å²) in [5, 5.41) is 2.67. The van der Waals surface area contributed by atoms with E-state index in [0.717, 1.165) is 38.8 Å². The Hall–Kier alpha value is -3.09. The number of anilines is 1. The van der Waals surface area contributed by atoms with Gasteiger partial charge in [0.05, 0.1) is 18.3 Å². The number of rotatable bonds is 8. The Balaban J connectivity index is 1.38. The van der Waals surface area contributed by atoms with Gasteiger partial charge in [-0.15, -0.1) is 0 Å². The van der Waals surface area contributed by atoms with Crippen molar-refractivity contribution < 1.29 is 23.5 Å². The monoisotopic (exact) mass is 442 g/mol. The van der Waals surface area contributed by atoms with Crippen LogP contribution in [0, 0.1) is 11.7 Å². The normalized spacial score (nSPS) is 14.3. The molecule has 1 fully saturated rings. The number of benzene rings is 2. The average molecular weight is 443 g/mol. The SMILES string of the molecule is CC(C)OC(=O)N1CCC(CCCOc2ccc(C(=O)Nc3ccccc3)c(F)c2)CC1. The Labute approximate surface area is 188 Å². The molecule has 2 amide bonds. The zero-order chi connectivity index (χ0) is 22.9. The van der Waals surface area contributed by atoms with Gasteiger partial charge in [0.1, 0.15) is 11.6 Å². The second-order valence-corrected chi connectivity index (χ2v) is 8.32. The van der Waals surface area contributed by atoms with Crippen LogP contribution in [0.15, 0.2) is 48.5 Å². The van der Waals surface area contributed by atoms with Crippen molar-refractivity contribution in [1.29, 1.82) is 0 Å². The van der Waals surface area contributed by atoms with Crippen LogP contribution in [-0.4, -0.2) is 42.7 Å². The van der Waals surface area contributed by atoms with Gasteiger partial charge in [0.25, 0.3) is 5.91 Å². The number of likely N-dealkylation sites (tertiary alicyclic amines) is 1. The third-order valence-corrected chi connectivity index (χ3v) is 5.45. The smallest absolute Gasteiger partial charge is 0.410 e. The summed E-state index contributed by atoms with van der Waals surface area (Å²) in [6, 6.07) is 13.2. The third-order valence-electron chi connectivity index (χ3n) is 5.45. The lowest BCUT2D eigenvalue weighted by Gasteiger charge is -2.31. The molecule has 32 heavy (non-hydrogen) atoms. The van der Waals surface area contributed by atoms with Crippen molar-refractivity contribution in [2.75, 3.05) is 25.0 Å². The molecule has 1 saturated heterocycles. The van der Waals surface area contributed by atoms with Gasteiger partial charge in [0.2, 0.25) is 0 Å². The van der Waals surface area contributed by atoms with Crippen LogP contribution < -0.4 is 10.1 Å². The van der Waals surface area contributed by atoms with E-state index >= 15 is 0 Å². The number of amides is 2. The fourth-order valence-corrected chi connectivity index (χ4v) is 3.73. The number of nitrogens with zero attached hydrogens (tertiary/aromatic N) is 1. The lowest BCUT2D eigenvalue weighted by Crippen LogP contribution is -2.39. The van der Waals surface area contributed by atoms with Crippen LogP contribution >= 0.6 is 0 Å². The number of hydrogen-bond donors (Lipinski definition) is 1. The van der Waals surface area contributed by atoms with Gasteiger partial charge in [-0.1, -0.05) is 18.2 Å². The lowest BCUT2D eigenvalue weighted by atomic mass is 9.92. The van der Waals surface area contributed by atoms with Gasteiger partial charge < -0.3 is 19.7 Å². The maximum absolute atomic E-state index is 14.4. The highest BCUT2D eigenvalue weighted by atomic mass is 19.1. The number of nitrogens with one attached hydrogen (secondary N) is 1. The predicted octanol–water partition coefficient (Wildman–Crippen LogP) is 5.49. The predicted molar refractivity (Wildman–Crippen MR) is 121 cm³/mol. The van der Waals surface area contributed by atoms with Crippen LogP contribution in [0.25, 0.3) is 0 Å². The van der Waals surface area contributed by atoms with Gasteiger partial charge in [-0.3, -0.25) is 4.79 Å². The molecule has 3 rings (SSSR count). The van der Waals surface area contributed by atoms with Gasteiger partial charge in [-0.2, -0.15) is 0 Å². The van der Waals surface area contributed by atoms with Crippen LogP contribution in [0.3, 0.4) is 0 Å². The molecule has 2 aromatic carbocycles. The average Bonchev–Trinajstić information content (AvgIpc) is 2.77. The second-order valence-electron chi connectivity index (χ2n) is 8.32. The number of ether oxygens (including phenoxy) is 2. The first-order chi connectivity index (χ1) is 15.4. The molecular formula is C25H31FN2O4. The molecule has 6 nitrogen and oxygen atoms in total. The molecule has 1 aliphatic rings. The maximum atomic E-state index is 14.4. The van der Waals surface area contributed by atoms with Crippen molar-refractivity contribution in [3.05, 3.63) is 59.9 Å². The van der Waals surface area contributed by atoms with Crippen molar-refractivity contribution in [2.24, 2.45) is 5.92 Å².